The van der Waals surface area contributed by atoms with Gasteiger partial charge in [-0.15, -0.1) is 0 Å². The molecule has 0 saturated carbocycles. The Morgan fingerprint density at radius 3 is 2.60 bits per heavy atom. The topological polar surface area (TPSA) is 74.3 Å². The lowest BCUT2D eigenvalue weighted by Crippen LogP contribution is -2.21. The van der Waals surface area contributed by atoms with Crippen molar-refractivity contribution in [1.29, 1.82) is 0 Å². The second-order valence-corrected chi connectivity index (χ2v) is 5.35. The van der Waals surface area contributed by atoms with Crippen molar-refractivity contribution in [3.63, 3.8) is 0 Å². The number of hydrogen-bond acceptors (Lipinski definition) is 3. The number of aromatic amines is 1. The summed E-state index contributed by atoms with van der Waals surface area (Å²) in [4.78, 5) is 30.5. The number of pyridine rings is 1. The summed E-state index contributed by atoms with van der Waals surface area (Å²) in [7, 11) is 0. The molecule has 1 heterocycles. The highest BCUT2D eigenvalue weighted by molar-refractivity contribution is 5.91. The van der Waals surface area contributed by atoms with Crippen LogP contribution in [0.3, 0.4) is 0 Å². The Morgan fingerprint density at radius 1 is 1.45 bits per heavy atom. The van der Waals surface area contributed by atoms with Gasteiger partial charge in [0, 0.05) is 12.1 Å². The normalized spacial score (nSPS) is 12.9. The highest BCUT2D eigenvalue weighted by Gasteiger charge is 2.10. The van der Waals surface area contributed by atoms with Gasteiger partial charge < -0.3 is 10.3 Å². The molecule has 0 aliphatic rings. The number of nitrogens with one attached hydrogen (secondary N) is 2. The van der Waals surface area contributed by atoms with Crippen LogP contribution < -0.4 is 10.9 Å². The summed E-state index contributed by atoms with van der Waals surface area (Å²) >= 11 is 0. The molecule has 1 aromatic heterocycles. The number of H-pyrrole nitrogens is 1. The summed E-state index contributed by atoms with van der Waals surface area (Å²) in [5, 5.41) is 2.68. The van der Waals surface area contributed by atoms with E-state index in [4.69, 9.17) is 0 Å². The van der Waals surface area contributed by atoms with Gasteiger partial charge in [-0.2, -0.15) is 0 Å². The predicted octanol–water partition coefficient (Wildman–Crippen LogP) is 3.03. The molecule has 1 unspecified atom stereocenters. The third kappa shape index (κ3) is 4.33. The molecular weight excluding hydrogens is 254 g/mol. The number of carbonyl (C=O) groups is 1. The second kappa shape index (κ2) is 7.03. The maximum atomic E-state index is 12.0. The molecule has 0 aromatic carbocycles. The van der Waals surface area contributed by atoms with Crippen molar-refractivity contribution in [3.05, 3.63) is 22.0 Å². The molecule has 0 aliphatic carbocycles. The van der Waals surface area contributed by atoms with Gasteiger partial charge in [-0.05, 0) is 30.9 Å². The first-order chi connectivity index (χ1) is 9.35. The second-order valence-electron chi connectivity index (χ2n) is 5.35. The standard InChI is InChI=1S/C15H23N3O2/c1-6-10(4)8-16-13-11(5)7-12(18-15(13)20)17-14(19)9(2)3/h7-10H,6H2,1-5H3,(H2,17,18,19,20). The molecule has 5 nitrogen and oxygen atoms in total. The van der Waals surface area contributed by atoms with Crippen LogP contribution in [0.4, 0.5) is 11.5 Å². The fraction of sp³-hybridized carbons (Fsp3) is 0.533. The number of amides is 1. The van der Waals surface area contributed by atoms with Crippen LogP contribution in [0.1, 0.15) is 39.7 Å². The summed E-state index contributed by atoms with van der Waals surface area (Å²) in [6.07, 6.45) is 2.76. The molecule has 0 spiro atoms. The molecule has 20 heavy (non-hydrogen) atoms. The molecule has 1 aromatic rings. The number of aryl methyl sites for hydroxylation is 1. The minimum absolute atomic E-state index is 0.129. The Labute approximate surface area is 119 Å². The number of hydrogen-bond donors (Lipinski definition) is 2. The number of nitrogens with zero attached hydrogens (tertiary/aromatic N) is 1. The number of rotatable bonds is 5. The fourth-order valence-electron chi connectivity index (χ4n) is 1.49. The van der Waals surface area contributed by atoms with Gasteiger partial charge in [0.25, 0.3) is 5.56 Å². The number of aromatic nitrogens is 1. The largest absolute Gasteiger partial charge is 0.312 e. The maximum Gasteiger partial charge on any atom is 0.275 e. The number of carbonyl (C=O) groups excluding carboxylic acids is 1. The quantitative estimate of drug-likeness (QED) is 0.812. The van der Waals surface area contributed by atoms with Crippen molar-refractivity contribution >= 4 is 23.6 Å². The molecule has 1 atom stereocenters. The third-order valence-corrected chi connectivity index (χ3v) is 3.08. The highest BCUT2D eigenvalue weighted by Crippen LogP contribution is 2.16. The minimum Gasteiger partial charge on any atom is -0.312 e. The van der Waals surface area contributed by atoms with E-state index in [0.717, 1.165) is 12.0 Å². The first kappa shape index (κ1) is 16.1. The van der Waals surface area contributed by atoms with E-state index in [1.807, 2.05) is 13.8 Å². The molecule has 5 heteroatoms. The summed E-state index contributed by atoms with van der Waals surface area (Å²) in [5.41, 5.74) is 0.851. The van der Waals surface area contributed by atoms with Crippen LogP contribution in [0.2, 0.25) is 0 Å². The average Bonchev–Trinajstić information content (AvgIpc) is 2.37. The van der Waals surface area contributed by atoms with Crippen molar-refractivity contribution in [3.8, 4) is 0 Å². The average molecular weight is 277 g/mol. The smallest absolute Gasteiger partial charge is 0.275 e. The van der Waals surface area contributed by atoms with Crippen LogP contribution in [0, 0.1) is 18.8 Å². The van der Waals surface area contributed by atoms with E-state index in [2.05, 4.69) is 22.2 Å². The van der Waals surface area contributed by atoms with Gasteiger partial charge in [0.1, 0.15) is 11.5 Å². The Bertz CT molecular complexity index is 559. The third-order valence-electron chi connectivity index (χ3n) is 3.08. The molecule has 0 bridgehead atoms. The maximum absolute atomic E-state index is 12.0. The Kier molecular flexibility index (Phi) is 5.67. The Morgan fingerprint density at radius 2 is 2.10 bits per heavy atom. The van der Waals surface area contributed by atoms with E-state index in [9.17, 15) is 9.59 Å². The molecule has 2 N–H and O–H groups in total. The van der Waals surface area contributed by atoms with E-state index >= 15 is 0 Å². The van der Waals surface area contributed by atoms with Crippen LogP contribution in [0.25, 0.3) is 0 Å². The SMILES string of the molecule is CCC(C)C=Nc1c(C)cc(NC(=O)C(C)C)[nH]c1=O. The molecule has 110 valence electrons. The van der Waals surface area contributed by atoms with Crippen LogP contribution >= 0.6 is 0 Å². The van der Waals surface area contributed by atoms with Crippen molar-refractivity contribution in [1.82, 2.24) is 4.98 Å². The summed E-state index contributed by atoms with van der Waals surface area (Å²) in [6, 6.07) is 1.73. The van der Waals surface area contributed by atoms with Crippen LogP contribution in [-0.2, 0) is 4.79 Å². The van der Waals surface area contributed by atoms with Gasteiger partial charge in [0.15, 0.2) is 0 Å². The van der Waals surface area contributed by atoms with Crippen LogP contribution in [0.5, 0.6) is 0 Å². The van der Waals surface area contributed by atoms with Crippen molar-refractivity contribution in [2.75, 3.05) is 5.32 Å². The monoisotopic (exact) mass is 277 g/mol. The van der Waals surface area contributed by atoms with E-state index < -0.39 is 0 Å². The first-order valence-corrected chi connectivity index (χ1v) is 6.94. The van der Waals surface area contributed by atoms with Gasteiger partial charge in [-0.25, -0.2) is 0 Å². The van der Waals surface area contributed by atoms with Crippen LogP contribution in [0.15, 0.2) is 15.9 Å². The lowest BCUT2D eigenvalue weighted by atomic mass is 10.1. The molecule has 1 rings (SSSR count). The Balaban J connectivity index is 3.01. The zero-order chi connectivity index (χ0) is 15.3. The van der Waals surface area contributed by atoms with E-state index in [1.54, 1.807) is 26.1 Å². The highest BCUT2D eigenvalue weighted by atomic mass is 16.2. The molecule has 1 amide bonds. The van der Waals surface area contributed by atoms with Gasteiger partial charge in [0.05, 0.1) is 0 Å². The zero-order valence-corrected chi connectivity index (χ0v) is 12.8. The number of anilines is 1. The van der Waals surface area contributed by atoms with Gasteiger partial charge in [-0.3, -0.25) is 14.6 Å². The van der Waals surface area contributed by atoms with Crippen molar-refractivity contribution in [2.45, 2.75) is 41.0 Å². The van der Waals surface area contributed by atoms with E-state index in [0.29, 0.717) is 17.4 Å². The van der Waals surface area contributed by atoms with Gasteiger partial charge in [0.2, 0.25) is 5.91 Å². The van der Waals surface area contributed by atoms with E-state index in [-0.39, 0.29) is 17.4 Å². The predicted molar refractivity (Wildman–Crippen MR) is 82.9 cm³/mol. The minimum atomic E-state index is -0.288. The van der Waals surface area contributed by atoms with E-state index in [1.165, 1.54) is 0 Å². The van der Waals surface area contributed by atoms with Crippen molar-refractivity contribution < 1.29 is 4.79 Å². The van der Waals surface area contributed by atoms with Crippen LogP contribution in [-0.4, -0.2) is 17.1 Å². The summed E-state index contributed by atoms with van der Waals surface area (Å²) < 4.78 is 0. The molecular formula is C15H23N3O2. The summed E-state index contributed by atoms with van der Waals surface area (Å²) in [5.74, 6) is 0.473. The lowest BCUT2D eigenvalue weighted by Gasteiger charge is -2.09. The molecule has 0 aliphatic heterocycles. The van der Waals surface area contributed by atoms with Gasteiger partial charge in [-0.1, -0.05) is 27.7 Å². The first-order valence-electron chi connectivity index (χ1n) is 6.94. The lowest BCUT2D eigenvalue weighted by molar-refractivity contribution is -0.118. The number of aliphatic imine (C=N–C) groups is 1. The molecule has 0 radical (unpaired) electrons. The summed E-state index contributed by atoms with van der Waals surface area (Å²) in [6.45, 7) is 9.52. The molecule has 0 fully saturated rings. The Hall–Kier alpha value is -1.91. The fourth-order valence-corrected chi connectivity index (χ4v) is 1.49. The zero-order valence-electron chi connectivity index (χ0n) is 12.8. The van der Waals surface area contributed by atoms with Crippen molar-refractivity contribution in [2.24, 2.45) is 16.8 Å². The van der Waals surface area contributed by atoms with Gasteiger partial charge >= 0.3 is 0 Å². The molecule has 0 saturated heterocycles.